The number of fused-ring (bicyclic) bond motifs is 1. The maximum Gasteiger partial charge on any atom is 0.262 e. The first-order chi connectivity index (χ1) is 11.3. The molecule has 1 aliphatic rings. The molecule has 1 heterocycles. The third-order valence-corrected chi connectivity index (χ3v) is 7.11. The number of anilines is 1. The largest absolute Gasteiger partial charge is 0.365 e. The van der Waals surface area contributed by atoms with E-state index in [4.69, 9.17) is 5.73 Å². The summed E-state index contributed by atoms with van der Waals surface area (Å²) in [7, 11) is -3.77. The molecule has 1 aromatic carbocycles. The molecule has 0 atom stereocenters. The van der Waals surface area contributed by atoms with Gasteiger partial charge in [0.05, 0.1) is 10.5 Å². The van der Waals surface area contributed by atoms with Gasteiger partial charge in [-0.05, 0) is 62.3 Å². The molecule has 0 unspecified atom stereocenters. The van der Waals surface area contributed by atoms with E-state index < -0.39 is 15.9 Å². The SMILES string of the molecule is Cc1ccc(C)c(S(=O)(=O)Nc2sc3c(c2C(N)=O)CCCC3)c1. The Hall–Kier alpha value is -1.86. The van der Waals surface area contributed by atoms with Gasteiger partial charge in [-0.1, -0.05) is 12.1 Å². The average Bonchev–Trinajstić information content (AvgIpc) is 2.86. The highest BCUT2D eigenvalue weighted by atomic mass is 32.2. The highest BCUT2D eigenvalue weighted by Crippen LogP contribution is 2.39. The molecule has 1 aromatic heterocycles. The van der Waals surface area contributed by atoms with E-state index >= 15 is 0 Å². The molecule has 0 radical (unpaired) electrons. The van der Waals surface area contributed by atoms with Crippen LogP contribution in [-0.2, 0) is 22.9 Å². The van der Waals surface area contributed by atoms with Gasteiger partial charge in [0.25, 0.3) is 15.9 Å². The van der Waals surface area contributed by atoms with Crippen molar-refractivity contribution in [2.45, 2.75) is 44.4 Å². The topological polar surface area (TPSA) is 89.3 Å². The van der Waals surface area contributed by atoms with Crippen molar-refractivity contribution >= 4 is 32.3 Å². The Kier molecular flexibility index (Phi) is 4.40. The Morgan fingerprint density at radius 3 is 2.62 bits per heavy atom. The Balaban J connectivity index is 2.06. The summed E-state index contributed by atoms with van der Waals surface area (Å²) < 4.78 is 28.2. The Morgan fingerprint density at radius 1 is 1.21 bits per heavy atom. The van der Waals surface area contributed by atoms with Crippen LogP contribution in [0.3, 0.4) is 0 Å². The summed E-state index contributed by atoms with van der Waals surface area (Å²) in [5.74, 6) is -0.576. The zero-order valence-electron chi connectivity index (χ0n) is 13.7. The molecule has 0 aliphatic heterocycles. The number of nitrogens with one attached hydrogen (secondary N) is 1. The van der Waals surface area contributed by atoms with Crippen LogP contribution in [0.25, 0.3) is 0 Å². The molecule has 0 fully saturated rings. The van der Waals surface area contributed by atoms with Gasteiger partial charge in [-0.3, -0.25) is 9.52 Å². The number of hydrogen-bond acceptors (Lipinski definition) is 4. The molecule has 5 nitrogen and oxygen atoms in total. The van der Waals surface area contributed by atoms with Gasteiger partial charge in [0.1, 0.15) is 5.00 Å². The van der Waals surface area contributed by atoms with Gasteiger partial charge in [-0.15, -0.1) is 11.3 Å². The molecule has 0 saturated carbocycles. The van der Waals surface area contributed by atoms with E-state index in [1.54, 1.807) is 19.1 Å². The number of benzene rings is 1. The molecular weight excluding hydrogens is 344 g/mol. The molecule has 0 saturated heterocycles. The van der Waals surface area contributed by atoms with Gasteiger partial charge in [0.15, 0.2) is 0 Å². The van der Waals surface area contributed by atoms with Crippen molar-refractivity contribution in [3.8, 4) is 0 Å². The van der Waals surface area contributed by atoms with Gasteiger partial charge in [-0.25, -0.2) is 8.42 Å². The maximum atomic E-state index is 12.8. The predicted molar refractivity (Wildman–Crippen MR) is 96.2 cm³/mol. The van der Waals surface area contributed by atoms with Crippen molar-refractivity contribution < 1.29 is 13.2 Å². The first-order valence-corrected chi connectivity index (χ1v) is 10.1. The van der Waals surface area contributed by atoms with Gasteiger partial charge >= 0.3 is 0 Å². The van der Waals surface area contributed by atoms with Crippen LogP contribution in [0.15, 0.2) is 23.1 Å². The van der Waals surface area contributed by atoms with E-state index in [9.17, 15) is 13.2 Å². The number of hydrogen-bond donors (Lipinski definition) is 2. The molecule has 128 valence electrons. The molecule has 2 aromatic rings. The number of carbonyl (C=O) groups excluding carboxylic acids is 1. The monoisotopic (exact) mass is 364 g/mol. The standard InChI is InChI=1S/C17H20N2O3S2/c1-10-7-8-11(2)14(9-10)24(21,22)19-17-15(16(18)20)12-5-3-4-6-13(12)23-17/h7-9,19H,3-6H2,1-2H3,(H2,18,20). The van der Waals surface area contributed by atoms with Crippen molar-refractivity contribution in [3.05, 3.63) is 45.3 Å². The average molecular weight is 364 g/mol. The summed E-state index contributed by atoms with van der Waals surface area (Å²) in [5, 5.41) is 0.343. The Labute approximate surface area is 145 Å². The quantitative estimate of drug-likeness (QED) is 0.873. The lowest BCUT2D eigenvalue weighted by molar-refractivity contribution is 0.100. The number of sulfonamides is 1. The first-order valence-electron chi connectivity index (χ1n) is 7.84. The lowest BCUT2D eigenvalue weighted by Crippen LogP contribution is -2.19. The third-order valence-electron chi connectivity index (χ3n) is 4.28. The second kappa shape index (κ2) is 6.22. The zero-order chi connectivity index (χ0) is 17.5. The van der Waals surface area contributed by atoms with Gasteiger partial charge < -0.3 is 5.73 Å². The summed E-state index contributed by atoms with van der Waals surface area (Å²) in [6, 6.07) is 5.28. The summed E-state index contributed by atoms with van der Waals surface area (Å²) in [6.45, 7) is 3.60. The minimum absolute atomic E-state index is 0.226. The fraction of sp³-hybridized carbons (Fsp3) is 0.353. The molecule has 24 heavy (non-hydrogen) atoms. The summed E-state index contributed by atoms with van der Waals surface area (Å²) in [4.78, 5) is 13.2. The number of amides is 1. The van der Waals surface area contributed by atoms with E-state index in [1.807, 2.05) is 13.0 Å². The van der Waals surface area contributed by atoms with Gasteiger partial charge in [0, 0.05) is 4.88 Å². The van der Waals surface area contributed by atoms with Crippen molar-refractivity contribution in [3.63, 3.8) is 0 Å². The molecule has 1 amide bonds. The normalized spacial score (nSPS) is 14.2. The highest BCUT2D eigenvalue weighted by Gasteiger charge is 2.27. The maximum absolute atomic E-state index is 12.8. The van der Waals surface area contributed by atoms with E-state index in [0.717, 1.165) is 41.7 Å². The number of thiophene rings is 1. The highest BCUT2D eigenvalue weighted by molar-refractivity contribution is 7.93. The summed E-state index contributed by atoms with van der Waals surface area (Å²) in [6.07, 6.45) is 3.68. The van der Waals surface area contributed by atoms with E-state index in [-0.39, 0.29) is 4.90 Å². The molecule has 0 spiro atoms. The van der Waals surface area contributed by atoms with Crippen molar-refractivity contribution in [1.82, 2.24) is 0 Å². The van der Waals surface area contributed by atoms with Crippen LogP contribution in [0.2, 0.25) is 0 Å². The van der Waals surface area contributed by atoms with Crippen LogP contribution in [0.4, 0.5) is 5.00 Å². The predicted octanol–water partition coefficient (Wildman–Crippen LogP) is 3.14. The minimum Gasteiger partial charge on any atom is -0.365 e. The lowest BCUT2D eigenvalue weighted by atomic mass is 9.95. The molecule has 0 bridgehead atoms. The van der Waals surface area contributed by atoms with E-state index in [1.165, 1.54) is 11.3 Å². The summed E-state index contributed by atoms with van der Waals surface area (Å²) in [5.41, 5.74) is 8.30. The number of primary amides is 1. The molecule has 3 rings (SSSR count). The molecule has 1 aliphatic carbocycles. The fourth-order valence-electron chi connectivity index (χ4n) is 3.07. The molecular formula is C17H20N2O3S2. The smallest absolute Gasteiger partial charge is 0.262 e. The van der Waals surface area contributed by atoms with Crippen molar-refractivity contribution in [2.24, 2.45) is 5.73 Å². The van der Waals surface area contributed by atoms with Crippen LogP contribution >= 0.6 is 11.3 Å². The molecule has 3 N–H and O–H groups in total. The van der Waals surface area contributed by atoms with Crippen LogP contribution in [-0.4, -0.2) is 14.3 Å². The van der Waals surface area contributed by atoms with E-state index in [0.29, 0.717) is 16.1 Å². The Morgan fingerprint density at radius 2 is 1.92 bits per heavy atom. The van der Waals surface area contributed by atoms with E-state index in [2.05, 4.69) is 4.72 Å². The number of carbonyl (C=O) groups is 1. The van der Waals surface area contributed by atoms with Crippen LogP contribution in [0, 0.1) is 13.8 Å². The zero-order valence-corrected chi connectivity index (χ0v) is 15.3. The third kappa shape index (κ3) is 3.06. The lowest BCUT2D eigenvalue weighted by Gasteiger charge is -2.12. The fourth-order valence-corrected chi connectivity index (χ4v) is 6.00. The summed E-state index contributed by atoms with van der Waals surface area (Å²) >= 11 is 1.33. The van der Waals surface area contributed by atoms with Crippen LogP contribution in [0.1, 0.15) is 44.8 Å². The Bertz CT molecular complexity index is 914. The number of aryl methyl sites for hydroxylation is 3. The second-order valence-electron chi connectivity index (χ2n) is 6.15. The van der Waals surface area contributed by atoms with Crippen LogP contribution < -0.4 is 10.5 Å². The second-order valence-corrected chi connectivity index (χ2v) is 8.91. The number of nitrogens with two attached hydrogens (primary N) is 1. The minimum atomic E-state index is -3.77. The van der Waals surface area contributed by atoms with Crippen LogP contribution in [0.5, 0.6) is 0 Å². The van der Waals surface area contributed by atoms with Crippen molar-refractivity contribution in [2.75, 3.05) is 4.72 Å². The van der Waals surface area contributed by atoms with Gasteiger partial charge in [-0.2, -0.15) is 0 Å². The molecule has 7 heteroatoms. The van der Waals surface area contributed by atoms with Gasteiger partial charge in [0.2, 0.25) is 0 Å². The first kappa shape index (κ1) is 17.0. The number of rotatable bonds is 4. The van der Waals surface area contributed by atoms with Crippen molar-refractivity contribution in [1.29, 1.82) is 0 Å².